The Morgan fingerprint density at radius 3 is 1.18 bits per heavy atom. The quantitative estimate of drug-likeness (QED) is 0.191. The van der Waals surface area contributed by atoms with Gasteiger partial charge in [-0.3, -0.25) is 4.98 Å². The fourth-order valence-corrected chi connectivity index (χ4v) is 6.98. The molecule has 7 aromatic carbocycles. The number of nitrogens with zero attached hydrogens (tertiary/aromatic N) is 1. The lowest BCUT2D eigenvalue weighted by Crippen LogP contribution is -2.03. The molecule has 3 heteroatoms. The summed E-state index contributed by atoms with van der Waals surface area (Å²) in [5.74, 6) is -0.954. The molecule has 0 amide bonds. The van der Waals surface area contributed by atoms with Gasteiger partial charge in [0, 0.05) is 11.6 Å². The van der Waals surface area contributed by atoms with Crippen LogP contribution in [0.3, 0.4) is 0 Å². The third-order valence-corrected chi connectivity index (χ3v) is 9.09. The SMILES string of the molecule is O=C(O)c1ccc(-c2c(-c3ccccc3)c(-c3ccccc3)c(-c3ccccc3)c(-c3ccccc3)c2-c2ccnc3ccccc23)cc1. The number of carbonyl (C=O) groups is 1. The van der Waals surface area contributed by atoms with Crippen LogP contribution < -0.4 is 0 Å². The highest BCUT2D eigenvalue weighted by Crippen LogP contribution is 2.56. The van der Waals surface area contributed by atoms with E-state index in [1.165, 1.54) is 0 Å². The average molecular weight is 630 g/mol. The lowest BCUT2D eigenvalue weighted by Gasteiger charge is -2.29. The van der Waals surface area contributed by atoms with Gasteiger partial charge < -0.3 is 5.11 Å². The minimum absolute atomic E-state index is 0.244. The normalized spacial score (nSPS) is 11.0. The largest absolute Gasteiger partial charge is 0.478 e. The Labute approximate surface area is 285 Å². The van der Waals surface area contributed by atoms with Gasteiger partial charge in [-0.15, -0.1) is 0 Å². The van der Waals surface area contributed by atoms with Crippen LogP contribution in [0.1, 0.15) is 10.4 Å². The zero-order valence-electron chi connectivity index (χ0n) is 26.6. The van der Waals surface area contributed by atoms with Crippen LogP contribution in [0.4, 0.5) is 0 Å². The highest BCUT2D eigenvalue weighted by atomic mass is 16.4. The van der Waals surface area contributed by atoms with Crippen molar-refractivity contribution in [2.75, 3.05) is 0 Å². The van der Waals surface area contributed by atoms with Crippen LogP contribution in [0.25, 0.3) is 77.7 Å². The molecule has 0 bridgehead atoms. The topological polar surface area (TPSA) is 50.2 Å². The molecule has 0 spiro atoms. The summed E-state index contributed by atoms with van der Waals surface area (Å²) >= 11 is 0. The first-order valence-electron chi connectivity index (χ1n) is 16.3. The monoisotopic (exact) mass is 629 g/mol. The lowest BCUT2D eigenvalue weighted by molar-refractivity contribution is 0.0697. The Morgan fingerprint density at radius 2 is 0.755 bits per heavy atom. The van der Waals surface area contributed by atoms with Gasteiger partial charge in [-0.05, 0) is 91.0 Å². The molecule has 0 radical (unpaired) electrons. The smallest absolute Gasteiger partial charge is 0.335 e. The summed E-state index contributed by atoms with van der Waals surface area (Å²) in [5, 5.41) is 10.9. The van der Waals surface area contributed by atoms with Gasteiger partial charge in [0.2, 0.25) is 0 Å². The third kappa shape index (κ3) is 5.48. The molecule has 0 aliphatic heterocycles. The minimum atomic E-state index is -0.954. The van der Waals surface area contributed by atoms with Crippen LogP contribution in [-0.4, -0.2) is 16.1 Å². The highest BCUT2D eigenvalue weighted by molar-refractivity contribution is 6.17. The Hall–Kier alpha value is -6.58. The number of pyridine rings is 1. The van der Waals surface area contributed by atoms with E-state index >= 15 is 0 Å². The van der Waals surface area contributed by atoms with Crippen LogP contribution in [-0.2, 0) is 0 Å². The molecule has 0 saturated heterocycles. The van der Waals surface area contributed by atoms with Crippen LogP contribution in [0.15, 0.2) is 182 Å². The van der Waals surface area contributed by atoms with Crippen LogP contribution in [0.2, 0.25) is 0 Å². The molecule has 8 aromatic rings. The molecule has 1 heterocycles. The zero-order chi connectivity index (χ0) is 33.2. The number of hydrogen-bond acceptors (Lipinski definition) is 2. The summed E-state index contributed by atoms with van der Waals surface area (Å²) in [6.07, 6.45) is 1.89. The van der Waals surface area contributed by atoms with E-state index in [0.29, 0.717) is 0 Å². The second-order valence-corrected chi connectivity index (χ2v) is 12.0. The van der Waals surface area contributed by atoms with Crippen LogP contribution >= 0.6 is 0 Å². The van der Waals surface area contributed by atoms with Gasteiger partial charge in [0.1, 0.15) is 0 Å². The number of aromatic carboxylic acids is 1. The van der Waals surface area contributed by atoms with E-state index in [4.69, 9.17) is 4.98 Å². The molecule has 8 rings (SSSR count). The van der Waals surface area contributed by atoms with Gasteiger partial charge in [0.15, 0.2) is 0 Å². The molecule has 0 atom stereocenters. The summed E-state index contributed by atoms with van der Waals surface area (Å²) < 4.78 is 0. The maximum absolute atomic E-state index is 12.0. The van der Waals surface area contributed by atoms with Crippen molar-refractivity contribution < 1.29 is 9.90 Å². The summed E-state index contributed by atoms with van der Waals surface area (Å²) in [7, 11) is 0. The Kier molecular flexibility index (Phi) is 7.85. The highest BCUT2D eigenvalue weighted by Gasteiger charge is 2.29. The molecule has 0 saturated carbocycles. The number of carboxylic acid groups (broad SMARTS) is 1. The molecule has 1 N–H and O–H groups in total. The van der Waals surface area contributed by atoms with E-state index in [2.05, 4.69) is 140 Å². The van der Waals surface area contributed by atoms with E-state index in [-0.39, 0.29) is 5.56 Å². The molecule has 0 fully saturated rings. The van der Waals surface area contributed by atoms with E-state index in [9.17, 15) is 9.90 Å². The number of aromatic nitrogens is 1. The standard InChI is InChI=1S/C46H31NO2/c48-46(49)36-27-25-35(26-28-36)44-42(33-19-9-3-10-20-33)40(31-15-5-1-6-16-31)41(32-17-7-2-8-18-32)43(34-21-11-4-12-22-34)45(44)38-29-30-47-39-24-14-13-23-37(38)39/h1-30H,(H,48,49). The maximum atomic E-state index is 12.0. The second kappa shape index (κ2) is 12.9. The van der Waals surface area contributed by atoms with Gasteiger partial charge >= 0.3 is 5.97 Å². The summed E-state index contributed by atoms with van der Waals surface area (Å²) in [6.45, 7) is 0. The summed E-state index contributed by atoms with van der Waals surface area (Å²) in [4.78, 5) is 16.8. The molecule has 49 heavy (non-hydrogen) atoms. The van der Waals surface area contributed by atoms with Crippen molar-refractivity contribution in [3.63, 3.8) is 0 Å². The minimum Gasteiger partial charge on any atom is -0.478 e. The Morgan fingerprint density at radius 1 is 0.388 bits per heavy atom. The molecular formula is C46H31NO2. The first-order chi connectivity index (χ1) is 24.2. The van der Waals surface area contributed by atoms with Gasteiger partial charge in [-0.25, -0.2) is 4.79 Å². The Balaban J connectivity index is 1.70. The summed E-state index contributed by atoms with van der Waals surface area (Å²) in [6, 6.07) is 60.1. The number of para-hydroxylation sites is 1. The van der Waals surface area contributed by atoms with Crippen molar-refractivity contribution in [1.82, 2.24) is 4.98 Å². The Bertz CT molecular complexity index is 2420. The molecule has 0 aliphatic carbocycles. The maximum Gasteiger partial charge on any atom is 0.335 e. The summed E-state index contributed by atoms with van der Waals surface area (Å²) in [5.41, 5.74) is 13.9. The van der Waals surface area contributed by atoms with Gasteiger partial charge in [-0.2, -0.15) is 0 Å². The molecule has 0 aliphatic rings. The lowest BCUT2D eigenvalue weighted by atomic mass is 9.74. The molecule has 1 aromatic heterocycles. The number of rotatable bonds is 7. The van der Waals surface area contributed by atoms with Crippen molar-refractivity contribution in [2.24, 2.45) is 0 Å². The van der Waals surface area contributed by atoms with Gasteiger partial charge in [0.05, 0.1) is 11.1 Å². The predicted molar refractivity (Wildman–Crippen MR) is 201 cm³/mol. The average Bonchev–Trinajstić information content (AvgIpc) is 3.18. The first kappa shape index (κ1) is 29.8. The number of fused-ring (bicyclic) bond motifs is 1. The van der Waals surface area contributed by atoms with Crippen molar-refractivity contribution in [3.05, 3.63) is 188 Å². The molecule has 232 valence electrons. The fraction of sp³-hybridized carbons (Fsp3) is 0. The van der Waals surface area contributed by atoms with Crippen molar-refractivity contribution >= 4 is 16.9 Å². The number of hydrogen-bond donors (Lipinski definition) is 1. The van der Waals surface area contributed by atoms with Gasteiger partial charge in [-0.1, -0.05) is 152 Å². The van der Waals surface area contributed by atoms with E-state index in [1.54, 1.807) is 12.1 Å². The number of carboxylic acids is 1. The van der Waals surface area contributed by atoms with Gasteiger partial charge in [0.25, 0.3) is 0 Å². The van der Waals surface area contributed by atoms with E-state index in [0.717, 1.165) is 77.7 Å². The van der Waals surface area contributed by atoms with Crippen molar-refractivity contribution in [1.29, 1.82) is 0 Å². The molecule has 3 nitrogen and oxygen atoms in total. The predicted octanol–water partition coefficient (Wildman–Crippen LogP) is 11.9. The van der Waals surface area contributed by atoms with E-state index < -0.39 is 5.97 Å². The number of benzene rings is 7. The van der Waals surface area contributed by atoms with Crippen molar-refractivity contribution in [2.45, 2.75) is 0 Å². The van der Waals surface area contributed by atoms with E-state index in [1.807, 2.05) is 30.5 Å². The fourth-order valence-electron chi connectivity index (χ4n) is 6.98. The molecular weight excluding hydrogens is 599 g/mol. The van der Waals surface area contributed by atoms with Crippen molar-refractivity contribution in [3.8, 4) is 66.8 Å². The second-order valence-electron chi connectivity index (χ2n) is 12.0. The molecule has 0 unspecified atom stereocenters. The first-order valence-corrected chi connectivity index (χ1v) is 16.3. The third-order valence-electron chi connectivity index (χ3n) is 9.09. The van der Waals surface area contributed by atoms with Crippen LogP contribution in [0, 0.1) is 0 Å². The zero-order valence-corrected chi connectivity index (χ0v) is 26.6. The van der Waals surface area contributed by atoms with Crippen LogP contribution in [0.5, 0.6) is 0 Å².